The molecule has 1 N–H and O–H groups in total. The molecule has 102 valence electrons. The van der Waals surface area contributed by atoms with E-state index in [1.807, 2.05) is 33.9 Å². The number of aromatic nitrogens is 3. The second kappa shape index (κ2) is 5.52. The number of nitrogens with one attached hydrogen (secondary N) is 1. The number of carbonyl (C=O) groups excluding carboxylic acids is 1. The van der Waals surface area contributed by atoms with Gasteiger partial charge in [0.05, 0.1) is 22.9 Å². The van der Waals surface area contributed by atoms with Crippen LogP contribution in [-0.2, 0) is 20.0 Å². The topological polar surface area (TPSA) is 59.8 Å². The molecule has 2 aromatic rings. The van der Waals surface area contributed by atoms with Gasteiger partial charge >= 0.3 is 0 Å². The van der Waals surface area contributed by atoms with Crippen molar-refractivity contribution in [3.8, 4) is 0 Å². The zero-order valence-electron chi connectivity index (χ0n) is 11.6. The average molecular weight is 278 g/mol. The summed E-state index contributed by atoms with van der Waals surface area (Å²) in [5.74, 6) is -0.0641. The maximum absolute atomic E-state index is 12.1. The lowest BCUT2D eigenvalue weighted by atomic mass is 10.3. The monoisotopic (exact) mass is 278 g/mol. The smallest absolute Gasteiger partial charge is 0.263 e. The fraction of sp³-hybridized carbons (Fsp3) is 0.462. The highest BCUT2D eigenvalue weighted by Gasteiger charge is 2.15. The SMILES string of the molecule is CCc1nc(C)sc1C(=O)NCc1cc(C)n(C)n1. The zero-order chi connectivity index (χ0) is 14.0. The quantitative estimate of drug-likeness (QED) is 0.930. The molecule has 2 heterocycles. The van der Waals surface area contributed by atoms with Gasteiger partial charge in [-0.15, -0.1) is 11.3 Å². The Labute approximate surface area is 116 Å². The third kappa shape index (κ3) is 3.01. The molecular formula is C13H18N4OS. The van der Waals surface area contributed by atoms with Crippen molar-refractivity contribution in [2.45, 2.75) is 33.7 Å². The Morgan fingerprint density at radius 2 is 2.21 bits per heavy atom. The third-order valence-corrected chi connectivity index (χ3v) is 3.95. The lowest BCUT2D eigenvalue weighted by molar-refractivity contribution is 0.0953. The normalized spacial score (nSPS) is 10.7. The van der Waals surface area contributed by atoms with Gasteiger partial charge < -0.3 is 5.32 Å². The Balaban J connectivity index is 2.05. The molecule has 0 aliphatic heterocycles. The Bertz CT molecular complexity index is 580. The first-order chi connectivity index (χ1) is 9.01. The largest absolute Gasteiger partial charge is 0.346 e. The number of rotatable bonds is 4. The van der Waals surface area contributed by atoms with E-state index in [0.29, 0.717) is 11.4 Å². The Morgan fingerprint density at radius 3 is 2.79 bits per heavy atom. The van der Waals surface area contributed by atoms with E-state index >= 15 is 0 Å². The Kier molecular flexibility index (Phi) is 3.99. The highest BCUT2D eigenvalue weighted by Crippen LogP contribution is 2.18. The van der Waals surface area contributed by atoms with Crippen LogP contribution in [0.25, 0.3) is 0 Å². The summed E-state index contributed by atoms with van der Waals surface area (Å²) in [4.78, 5) is 17.2. The van der Waals surface area contributed by atoms with Crippen LogP contribution in [0.4, 0.5) is 0 Å². The molecule has 1 amide bonds. The van der Waals surface area contributed by atoms with Gasteiger partial charge in [-0.2, -0.15) is 5.10 Å². The molecule has 19 heavy (non-hydrogen) atoms. The van der Waals surface area contributed by atoms with Gasteiger partial charge in [0.15, 0.2) is 0 Å². The van der Waals surface area contributed by atoms with E-state index in [2.05, 4.69) is 15.4 Å². The highest BCUT2D eigenvalue weighted by molar-refractivity contribution is 7.13. The van der Waals surface area contributed by atoms with E-state index in [9.17, 15) is 4.79 Å². The minimum absolute atomic E-state index is 0.0641. The van der Waals surface area contributed by atoms with Crippen molar-refractivity contribution in [2.75, 3.05) is 0 Å². The summed E-state index contributed by atoms with van der Waals surface area (Å²) < 4.78 is 1.80. The first kappa shape index (κ1) is 13.7. The summed E-state index contributed by atoms with van der Waals surface area (Å²) in [6.07, 6.45) is 0.774. The van der Waals surface area contributed by atoms with Crippen LogP contribution in [0.5, 0.6) is 0 Å². The highest BCUT2D eigenvalue weighted by atomic mass is 32.1. The van der Waals surface area contributed by atoms with Gasteiger partial charge in [0.1, 0.15) is 4.88 Å². The van der Waals surface area contributed by atoms with Crippen molar-refractivity contribution < 1.29 is 4.79 Å². The molecule has 0 aliphatic rings. The van der Waals surface area contributed by atoms with Crippen LogP contribution in [0.1, 0.15) is 38.7 Å². The van der Waals surface area contributed by atoms with Crippen LogP contribution in [0, 0.1) is 13.8 Å². The third-order valence-electron chi connectivity index (χ3n) is 2.94. The second-order valence-electron chi connectivity index (χ2n) is 4.45. The summed E-state index contributed by atoms with van der Waals surface area (Å²) in [6.45, 7) is 6.36. The van der Waals surface area contributed by atoms with E-state index < -0.39 is 0 Å². The van der Waals surface area contributed by atoms with E-state index in [-0.39, 0.29) is 5.91 Å². The molecule has 6 heteroatoms. The average Bonchev–Trinajstić information content (AvgIpc) is 2.90. The van der Waals surface area contributed by atoms with E-state index in [1.165, 1.54) is 11.3 Å². The molecule has 5 nitrogen and oxygen atoms in total. The number of carbonyl (C=O) groups is 1. The van der Waals surface area contributed by atoms with Crippen molar-refractivity contribution in [1.29, 1.82) is 0 Å². The van der Waals surface area contributed by atoms with Crippen LogP contribution >= 0.6 is 11.3 Å². The number of thiazole rings is 1. The van der Waals surface area contributed by atoms with Crippen molar-refractivity contribution in [1.82, 2.24) is 20.1 Å². The fourth-order valence-corrected chi connectivity index (χ4v) is 2.78. The number of amides is 1. The lowest BCUT2D eigenvalue weighted by Gasteiger charge is -2.02. The van der Waals surface area contributed by atoms with Crippen LogP contribution in [0.15, 0.2) is 6.07 Å². The van der Waals surface area contributed by atoms with E-state index in [1.54, 1.807) is 4.68 Å². The van der Waals surface area contributed by atoms with E-state index in [0.717, 1.165) is 28.5 Å². The molecule has 0 radical (unpaired) electrons. The zero-order valence-corrected chi connectivity index (χ0v) is 12.5. The molecular weight excluding hydrogens is 260 g/mol. The molecule has 0 aliphatic carbocycles. The van der Waals surface area contributed by atoms with Crippen LogP contribution in [0.3, 0.4) is 0 Å². The minimum Gasteiger partial charge on any atom is -0.346 e. The van der Waals surface area contributed by atoms with Crippen molar-refractivity contribution in [3.05, 3.63) is 33.0 Å². The maximum atomic E-state index is 12.1. The minimum atomic E-state index is -0.0641. The van der Waals surface area contributed by atoms with Gasteiger partial charge in [0.2, 0.25) is 0 Å². The van der Waals surface area contributed by atoms with Gasteiger partial charge in [-0.25, -0.2) is 4.98 Å². The van der Waals surface area contributed by atoms with E-state index in [4.69, 9.17) is 0 Å². The van der Waals surface area contributed by atoms with Gasteiger partial charge in [-0.1, -0.05) is 6.92 Å². The van der Waals surface area contributed by atoms with Crippen LogP contribution in [-0.4, -0.2) is 20.7 Å². The Morgan fingerprint density at radius 1 is 1.47 bits per heavy atom. The number of aryl methyl sites for hydroxylation is 4. The Hall–Kier alpha value is -1.69. The standard InChI is InChI=1S/C13H18N4OS/c1-5-11-12(19-9(3)15-11)13(18)14-7-10-6-8(2)17(4)16-10/h6H,5,7H2,1-4H3,(H,14,18). The van der Waals surface area contributed by atoms with Crippen molar-refractivity contribution in [2.24, 2.45) is 7.05 Å². The van der Waals surface area contributed by atoms with Gasteiger partial charge in [-0.3, -0.25) is 9.48 Å². The summed E-state index contributed by atoms with van der Waals surface area (Å²) in [5.41, 5.74) is 2.82. The molecule has 0 saturated carbocycles. The van der Waals surface area contributed by atoms with Gasteiger partial charge in [0.25, 0.3) is 5.91 Å². The molecule has 0 spiro atoms. The molecule has 2 rings (SSSR count). The predicted molar refractivity (Wildman–Crippen MR) is 75.3 cm³/mol. The maximum Gasteiger partial charge on any atom is 0.263 e. The molecule has 0 bridgehead atoms. The predicted octanol–water partition coefficient (Wildman–Crippen LogP) is 1.99. The van der Waals surface area contributed by atoms with Gasteiger partial charge in [-0.05, 0) is 26.3 Å². The number of hydrogen-bond acceptors (Lipinski definition) is 4. The number of hydrogen-bond donors (Lipinski definition) is 1. The molecule has 2 aromatic heterocycles. The first-order valence-corrected chi connectivity index (χ1v) is 7.07. The first-order valence-electron chi connectivity index (χ1n) is 6.25. The van der Waals surface area contributed by atoms with Gasteiger partial charge in [0, 0.05) is 12.7 Å². The molecule has 0 atom stereocenters. The second-order valence-corrected chi connectivity index (χ2v) is 5.65. The summed E-state index contributed by atoms with van der Waals surface area (Å²) >= 11 is 1.44. The lowest BCUT2D eigenvalue weighted by Crippen LogP contribution is -2.23. The molecule has 0 aromatic carbocycles. The number of nitrogens with zero attached hydrogens (tertiary/aromatic N) is 3. The van der Waals surface area contributed by atoms with Crippen LogP contribution in [0.2, 0.25) is 0 Å². The molecule has 0 unspecified atom stereocenters. The van der Waals surface area contributed by atoms with Crippen LogP contribution < -0.4 is 5.32 Å². The summed E-state index contributed by atoms with van der Waals surface area (Å²) in [7, 11) is 1.89. The van der Waals surface area contributed by atoms with Crippen molar-refractivity contribution in [3.63, 3.8) is 0 Å². The summed E-state index contributed by atoms with van der Waals surface area (Å²) in [6, 6.07) is 1.97. The molecule has 0 saturated heterocycles. The molecule has 0 fully saturated rings. The fourth-order valence-electron chi connectivity index (χ4n) is 1.86. The van der Waals surface area contributed by atoms with Crippen molar-refractivity contribution >= 4 is 17.2 Å². The summed E-state index contributed by atoms with van der Waals surface area (Å²) in [5, 5.41) is 8.14.